The number of aryl methyl sites for hydroxylation is 2. The van der Waals surface area contributed by atoms with E-state index in [0.717, 1.165) is 11.5 Å². The molecule has 0 unspecified atom stereocenters. The molecule has 0 spiro atoms. The van der Waals surface area contributed by atoms with Crippen molar-refractivity contribution in [3.8, 4) is 6.07 Å². The highest BCUT2D eigenvalue weighted by molar-refractivity contribution is 5.52. The second-order valence-corrected chi connectivity index (χ2v) is 3.97. The Morgan fingerprint density at radius 2 is 2.28 bits per heavy atom. The standard InChI is InChI=1S/C12H14N6/c1-9-3-4-10(7-13)12(16-9)14-6-5-11-15-8-18(2)17-11/h3-4,8H,5-6H2,1-2H3,(H,14,16). The maximum atomic E-state index is 8.97. The van der Waals surface area contributed by atoms with Gasteiger partial charge in [-0.15, -0.1) is 0 Å². The van der Waals surface area contributed by atoms with Gasteiger partial charge in [0.2, 0.25) is 0 Å². The first kappa shape index (κ1) is 12.0. The lowest BCUT2D eigenvalue weighted by Gasteiger charge is -2.06. The molecular formula is C12H14N6. The zero-order valence-corrected chi connectivity index (χ0v) is 10.4. The fraction of sp³-hybridized carbons (Fsp3) is 0.333. The van der Waals surface area contributed by atoms with Gasteiger partial charge in [-0.2, -0.15) is 10.4 Å². The summed E-state index contributed by atoms with van der Waals surface area (Å²) in [4.78, 5) is 8.43. The summed E-state index contributed by atoms with van der Waals surface area (Å²) in [6.45, 7) is 2.54. The van der Waals surface area contributed by atoms with Gasteiger partial charge in [-0.3, -0.25) is 4.68 Å². The number of aromatic nitrogens is 4. The number of anilines is 1. The van der Waals surface area contributed by atoms with Crippen LogP contribution in [0.15, 0.2) is 18.5 Å². The minimum Gasteiger partial charge on any atom is -0.369 e. The van der Waals surface area contributed by atoms with Crippen LogP contribution in [0.2, 0.25) is 0 Å². The predicted molar refractivity (Wildman–Crippen MR) is 66.9 cm³/mol. The van der Waals surface area contributed by atoms with Crippen LogP contribution in [0, 0.1) is 18.3 Å². The minimum absolute atomic E-state index is 0.551. The molecule has 0 aliphatic heterocycles. The molecule has 2 rings (SSSR count). The van der Waals surface area contributed by atoms with E-state index in [4.69, 9.17) is 5.26 Å². The third-order valence-corrected chi connectivity index (χ3v) is 2.44. The van der Waals surface area contributed by atoms with Crippen molar-refractivity contribution in [2.24, 2.45) is 7.05 Å². The number of nitriles is 1. The second kappa shape index (κ2) is 5.27. The van der Waals surface area contributed by atoms with E-state index in [1.54, 1.807) is 17.1 Å². The smallest absolute Gasteiger partial charge is 0.152 e. The van der Waals surface area contributed by atoms with Crippen molar-refractivity contribution in [3.63, 3.8) is 0 Å². The molecule has 1 N–H and O–H groups in total. The van der Waals surface area contributed by atoms with Gasteiger partial charge in [0.05, 0.1) is 5.56 Å². The van der Waals surface area contributed by atoms with Crippen LogP contribution in [-0.2, 0) is 13.5 Å². The first-order valence-electron chi connectivity index (χ1n) is 5.65. The molecule has 0 amide bonds. The molecule has 92 valence electrons. The Hall–Kier alpha value is -2.42. The number of nitrogens with one attached hydrogen (secondary N) is 1. The van der Waals surface area contributed by atoms with E-state index in [1.807, 2.05) is 20.0 Å². The molecule has 6 heteroatoms. The molecule has 2 aromatic heterocycles. The van der Waals surface area contributed by atoms with E-state index in [1.165, 1.54) is 0 Å². The van der Waals surface area contributed by atoms with Crippen molar-refractivity contribution in [2.45, 2.75) is 13.3 Å². The van der Waals surface area contributed by atoms with Gasteiger partial charge in [-0.25, -0.2) is 9.97 Å². The summed E-state index contributed by atoms with van der Waals surface area (Å²) in [6, 6.07) is 5.71. The monoisotopic (exact) mass is 242 g/mol. The van der Waals surface area contributed by atoms with Gasteiger partial charge in [0.1, 0.15) is 18.2 Å². The van der Waals surface area contributed by atoms with Crippen molar-refractivity contribution >= 4 is 5.82 Å². The lowest BCUT2D eigenvalue weighted by atomic mass is 10.2. The number of nitrogens with zero attached hydrogens (tertiary/aromatic N) is 5. The van der Waals surface area contributed by atoms with Crippen LogP contribution in [0.5, 0.6) is 0 Å². The summed E-state index contributed by atoms with van der Waals surface area (Å²) < 4.78 is 1.67. The molecule has 18 heavy (non-hydrogen) atoms. The lowest BCUT2D eigenvalue weighted by Crippen LogP contribution is -2.09. The summed E-state index contributed by atoms with van der Waals surface area (Å²) in [5.74, 6) is 1.39. The van der Waals surface area contributed by atoms with Crippen LogP contribution in [0.3, 0.4) is 0 Å². The Bertz CT molecular complexity index is 580. The Morgan fingerprint density at radius 3 is 2.94 bits per heavy atom. The summed E-state index contributed by atoms with van der Waals surface area (Å²) in [5, 5.41) is 16.3. The highest BCUT2D eigenvalue weighted by atomic mass is 15.3. The van der Waals surface area contributed by atoms with Gasteiger partial charge in [-0.05, 0) is 19.1 Å². The molecule has 0 aliphatic carbocycles. The Kier molecular flexibility index (Phi) is 3.53. The van der Waals surface area contributed by atoms with Gasteiger partial charge < -0.3 is 5.32 Å². The largest absolute Gasteiger partial charge is 0.369 e. The first-order valence-corrected chi connectivity index (χ1v) is 5.65. The quantitative estimate of drug-likeness (QED) is 0.866. The molecule has 0 atom stereocenters. The van der Waals surface area contributed by atoms with E-state index in [0.29, 0.717) is 24.3 Å². The highest BCUT2D eigenvalue weighted by Crippen LogP contribution is 2.11. The highest BCUT2D eigenvalue weighted by Gasteiger charge is 2.04. The predicted octanol–water partition coefficient (Wildman–Crippen LogP) is 1.04. The summed E-state index contributed by atoms with van der Waals surface area (Å²) >= 11 is 0. The molecule has 2 heterocycles. The van der Waals surface area contributed by atoms with Gasteiger partial charge in [-0.1, -0.05) is 0 Å². The summed E-state index contributed by atoms with van der Waals surface area (Å²) in [5.41, 5.74) is 1.43. The van der Waals surface area contributed by atoms with Crippen LogP contribution in [-0.4, -0.2) is 26.3 Å². The van der Waals surface area contributed by atoms with Crippen LogP contribution in [0.4, 0.5) is 5.82 Å². The maximum Gasteiger partial charge on any atom is 0.152 e. The van der Waals surface area contributed by atoms with E-state index in [9.17, 15) is 0 Å². The lowest BCUT2D eigenvalue weighted by molar-refractivity contribution is 0.741. The average molecular weight is 242 g/mol. The van der Waals surface area contributed by atoms with Crippen LogP contribution in [0.25, 0.3) is 0 Å². The fourth-order valence-electron chi connectivity index (χ4n) is 1.57. The normalized spacial score (nSPS) is 10.1. The van der Waals surface area contributed by atoms with Crippen LogP contribution < -0.4 is 5.32 Å². The minimum atomic E-state index is 0.551. The molecule has 0 saturated heterocycles. The van der Waals surface area contributed by atoms with Crippen molar-refractivity contribution in [3.05, 3.63) is 35.5 Å². The number of hydrogen-bond acceptors (Lipinski definition) is 5. The van der Waals surface area contributed by atoms with Crippen LogP contribution >= 0.6 is 0 Å². The van der Waals surface area contributed by atoms with Crippen molar-refractivity contribution in [1.82, 2.24) is 19.7 Å². The average Bonchev–Trinajstić information content (AvgIpc) is 2.75. The molecule has 0 radical (unpaired) electrons. The summed E-state index contributed by atoms with van der Waals surface area (Å²) in [6.07, 6.45) is 2.36. The van der Waals surface area contributed by atoms with Gasteiger partial charge in [0.15, 0.2) is 5.82 Å². The topological polar surface area (TPSA) is 79.4 Å². The zero-order valence-electron chi connectivity index (χ0n) is 10.4. The molecular weight excluding hydrogens is 228 g/mol. The van der Waals surface area contributed by atoms with Gasteiger partial charge >= 0.3 is 0 Å². The van der Waals surface area contributed by atoms with E-state index < -0.39 is 0 Å². The van der Waals surface area contributed by atoms with E-state index in [2.05, 4.69) is 26.5 Å². The maximum absolute atomic E-state index is 8.97. The summed E-state index contributed by atoms with van der Waals surface area (Å²) in [7, 11) is 1.83. The molecule has 6 nitrogen and oxygen atoms in total. The fourth-order valence-corrected chi connectivity index (χ4v) is 1.57. The van der Waals surface area contributed by atoms with Crippen molar-refractivity contribution in [1.29, 1.82) is 5.26 Å². The Labute approximate surface area is 105 Å². The third kappa shape index (κ3) is 2.83. The van der Waals surface area contributed by atoms with E-state index >= 15 is 0 Å². The third-order valence-electron chi connectivity index (χ3n) is 2.44. The molecule has 0 saturated carbocycles. The number of rotatable bonds is 4. The molecule has 0 aromatic carbocycles. The number of pyridine rings is 1. The van der Waals surface area contributed by atoms with E-state index in [-0.39, 0.29) is 0 Å². The first-order chi connectivity index (χ1) is 8.69. The molecule has 0 bridgehead atoms. The molecule has 0 fully saturated rings. The molecule has 2 aromatic rings. The Morgan fingerprint density at radius 1 is 1.44 bits per heavy atom. The second-order valence-electron chi connectivity index (χ2n) is 3.97. The zero-order chi connectivity index (χ0) is 13.0. The Balaban J connectivity index is 1.98. The van der Waals surface area contributed by atoms with Gasteiger partial charge in [0, 0.05) is 25.7 Å². The van der Waals surface area contributed by atoms with Gasteiger partial charge in [0.25, 0.3) is 0 Å². The molecule has 0 aliphatic rings. The van der Waals surface area contributed by atoms with Crippen molar-refractivity contribution < 1.29 is 0 Å². The SMILES string of the molecule is Cc1ccc(C#N)c(NCCc2ncn(C)n2)n1. The van der Waals surface area contributed by atoms with Crippen molar-refractivity contribution in [2.75, 3.05) is 11.9 Å². The number of hydrogen-bond donors (Lipinski definition) is 1. The van der Waals surface area contributed by atoms with Crippen LogP contribution in [0.1, 0.15) is 17.1 Å².